The van der Waals surface area contributed by atoms with Crippen LogP contribution >= 0.6 is 0 Å². The molecule has 3 atom stereocenters. The van der Waals surface area contributed by atoms with Gasteiger partial charge in [-0.3, -0.25) is 14.7 Å². The van der Waals surface area contributed by atoms with Crippen molar-refractivity contribution in [3.63, 3.8) is 0 Å². The van der Waals surface area contributed by atoms with Crippen LogP contribution < -0.4 is 0 Å². The predicted molar refractivity (Wildman–Crippen MR) is 216 cm³/mol. The number of nitrogens with zero attached hydrogens (tertiary/aromatic N) is 15. The van der Waals surface area contributed by atoms with E-state index in [4.69, 9.17) is 30.0 Å². The van der Waals surface area contributed by atoms with Crippen molar-refractivity contribution in [3.05, 3.63) is 0 Å². The topological polar surface area (TPSA) is 103 Å². The fourth-order valence-electron chi connectivity index (χ4n) is 6.54. The molecule has 0 fully saturated rings. The average molecular weight is 714 g/mol. The quantitative estimate of drug-likeness (QED) is 0.237. The Balaban J connectivity index is 1.92. The molecule has 0 saturated carbocycles. The summed E-state index contributed by atoms with van der Waals surface area (Å²) in [7, 11) is 20.8. The molecule has 51 heavy (non-hydrogen) atoms. The van der Waals surface area contributed by atoms with E-state index in [9.17, 15) is 0 Å². The van der Waals surface area contributed by atoms with E-state index in [1.165, 1.54) is 12.8 Å². The predicted octanol–water partition coefficient (Wildman–Crippen LogP) is 3.36. The van der Waals surface area contributed by atoms with Gasteiger partial charge in [0.25, 0.3) is 0 Å². The highest BCUT2D eigenvalue weighted by Gasteiger charge is 2.33. The van der Waals surface area contributed by atoms with E-state index in [-0.39, 0.29) is 18.5 Å². The van der Waals surface area contributed by atoms with E-state index >= 15 is 0 Å². The summed E-state index contributed by atoms with van der Waals surface area (Å²) in [6, 6.07) is 0. The number of guanidine groups is 6. The first-order chi connectivity index (χ1) is 24.2. The molecule has 0 saturated heterocycles. The molecule has 0 aromatic carbocycles. The maximum Gasteiger partial charge on any atom is 0.205 e. The SMILES string of the molecule is CCCCCN(C)C1=NC(CCN2C(N(C)C)=NC(CCN3C(N(C)C)=NC(C)N=C3N(C)CCC)N=C2N(C)CCCC)N=C(N(C)C)N1C. The molecule has 3 aliphatic heterocycles. The molecule has 290 valence electrons. The normalized spacial score (nSPS) is 20.6. The van der Waals surface area contributed by atoms with Crippen LogP contribution in [-0.4, -0.2) is 202 Å². The molecule has 0 radical (unpaired) electrons. The van der Waals surface area contributed by atoms with E-state index in [1.54, 1.807) is 0 Å². The molecule has 0 spiro atoms. The minimum absolute atomic E-state index is 0.129. The third-order valence-electron chi connectivity index (χ3n) is 9.18. The molecule has 3 heterocycles. The maximum atomic E-state index is 5.35. The second kappa shape index (κ2) is 19.7. The Hall–Kier alpha value is -3.78. The molecule has 3 aliphatic rings. The van der Waals surface area contributed by atoms with Crippen molar-refractivity contribution in [2.24, 2.45) is 30.0 Å². The Morgan fingerprint density at radius 1 is 0.471 bits per heavy atom. The van der Waals surface area contributed by atoms with Gasteiger partial charge in [-0.2, -0.15) is 0 Å². The zero-order valence-corrected chi connectivity index (χ0v) is 34.6. The Kier molecular flexibility index (Phi) is 16.1. The van der Waals surface area contributed by atoms with Crippen LogP contribution in [0.15, 0.2) is 30.0 Å². The van der Waals surface area contributed by atoms with E-state index in [0.717, 1.165) is 93.9 Å². The van der Waals surface area contributed by atoms with Crippen molar-refractivity contribution in [2.75, 3.05) is 103 Å². The van der Waals surface area contributed by atoms with Crippen molar-refractivity contribution in [1.29, 1.82) is 0 Å². The summed E-state index contributed by atoms with van der Waals surface area (Å²) in [4.78, 5) is 50.5. The highest BCUT2D eigenvalue weighted by molar-refractivity contribution is 6.01. The standard InChI is InChI=1S/C36H71N15/c1-15-18-20-25-47(12)34-41-29(39-31(43(5)6)49(34)14)21-27-51-33(45(9)10)40-30(42-36(51)48(13)24-19-16-2)22-26-50-32(44(7)8)37-28(4)38-35(50)46(11)23-17-3/h28-30H,15-27H2,1-14H3. The van der Waals surface area contributed by atoms with Crippen molar-refractivity contribution in [3.8, 4) is 0 Å². The second-order valence-corrected chi connectivity index (χ2v) is 14.6. The third kappa shape index (κ3) is 11.1. The highest BCUT2D eigenvalue weighted by Crippen LogP contribution is 2.21. The first-order valence-electron chi connectivity index (χ1n) is 19.1. The van der Waals surface area contributed by atoms with Gasteiger partial charge in [0.15, 0.2) is 0 Å². The van der Waals surface area contributed by atoms with Crippen LogP contribution in [-0.2, 0) is 0 Å². The lowest BCUT2D eigenvalue weighted by Crippen LogP contribution is -2.55. The number of rotatable bonds is 15. The fourth-order valence-corrected chi connectivity index (χ4v) is 6.54. The minimum atomic E-state index is -0.249. The van der Waals surface area contributed by atoms with Crippen LogP contribution in [0.2, 0.25) is 0 Å². The number of hydrogen-bond acceptors (Lipinski definition) is 15. The van der Waals surface area contributed by atoms with E-state index in [2.05, 4.69) is 135 Å². The van der Waals surface area contributed by atoms with E-state index < -0.39 is 0 Å². The lowest BCUT2D eigenvalue weighted by atomic mass is 10.2. The second-order valence-electron chi connectivity index (χ2n) is 14.6. The summed E-state index contributed by atoms with van der Waals surface area (Å²) in [5.41, 5.74) is 0. The van der Waals surface area contributed by atoms with Gasteiger partial charge in [0, 0.05) is 116 Å². The molecule has 0 aliphatic carbocycles. The van der Waals surface area contributed by atoms with Gasteiger partial charge >= 0.3 is 0 Å². The van der Waals surface area contributed by atoms with Crippen LogP contribution in [0.5, 0.6) is 0 Å². The van der Waals surface area contributed by atoms with E-state index in [1.807, 2.05) is 6.92 Å². The molecule has 15 heteroatoms. The summed E-state index contributed by atoms with van der Waals surface area (Å²) in [5.74, 6) is 5.60. The third-order valence-corrected chi connectivity index (χ3v) is 9.18. The smallest absolute Gasteiger partial charge is 0.205 e. The largest absolute Gasteiger partial charge is 0.349 e. The van der Waals surface area contributed by atoms with Crippen molar-refractivity contribution in [1.82, 2.24) is 44.1 Å². The lowest BCUT2D eigenvalue weighted by molar-refractivity contribution is 0.344. The van der Waals surface area contributed by atoms with Gasteiger partial charge in [-0.05, 0) is 26.2 Å². The Morgan fingerprint density at radius 2 is 0.882 bits per heavy atom. The molecular weight excluding hydrogens is 643 g/mol. The summed E-state index contributed by atoms with van der Waals surface area (Å²) in [6.07, 6.45) is 7.65. The summed E-state index contributed by atoms with van der Waals surface area (Å²) < 4.78 is 0. The Labute approximate surface area is 310 Å². The molecule has 0 N–H and O–H groups in total. The summed E-state index contributed by atoms with van der Waals surface area (Å²) in [5, 5.41) is 0. The minimum Gasteiger partial charge on any atom is -0.349 e. The first kappa shape index (κ1) is 41.6. The lowest BCUT2D eigenvalue weighted by Gasteiger charge is -2.41. The van der Waals surface area contributed by atoms with Crippen LogP contribution in [0, 0.1) is 0 Å². The van der Waals surface area contributed by atoms with Gasteiger partial charge in [-0.25, -0.2) is 30.0 Å². The summed E-state index contributed by atoms with van der Waals surface area (Å²) >= 11 is 0. The number of unbranched alkanes of at least 4 members (excludes halogenated alkanes) is 3. The molecule has 0 amide bonds. The number of aliphatic imine (C=N–C) groups is 6. The molecule has 15 nitrogen and oxygen atoms in total. The zero-order chi connectivity index (χ0) is 37.8. The van der Waals surface area contributed by atoms with Gasteiger partial charge < -0.3 is 29.4 Å². The summed E-state index contributed by atoms with van der Waals surface area (Å²) in [6.45, 7) is 12.9. The Morgan fingerprint density at radius 3 is 1.41 bits per heavy atom. The van der Waals surface area contributed by atoms with Gasteiger partial charge in [0.05, 0.1) is 0 Å². The molecule has 3 unspecified atom stereocenters. The van der Waals surface area contributed by atoms with Gasteiger partial charge in [-0.15, -0.1) is 0 Å². The molecule has 0 bridgehead atoms. The maximum absolute atomic E-state index is 5.35. The molecule has 0 aromatic heterocycles. The molecule has 0 aromatic rings. The van der Waals surface area contributed by atoms with Crippen LogP contribution in [0.1, 0.15) is 79.1 Å². The average Bonchev–Trinajstić information content (AvgIpc) is 3.08. The van der Waals surface area contributed by atoms with Gasteiger partial charge in [0.2, 0.25) is 35.8 Å². The number of hydrogen-bond donors (Lipinski definition) is 0. The van der Waals surface area contributed by atoms with Crippen LogP contribution in [0.4, 0.5) is 0 Å². The van der Waals surface area contributed by atoms with Crippen molar-refractivity contribution >= 4 is 35.8 Å². The van der Waals surface area contributed by atoms with Crippen LogP contribution in [0.25, 0.3) is 0 Å². The van der Waals surface area contributed by atoms with Gasteiger partial charge in [0.1, 0.15) is 18.5 Å². The molecule has 3 rings (SSSR count). The highest BCUT2D eigenvalue weighted by atomic mass is 15.5. The Bertz CT molecular complexity index is 1280. The van der Waals surface area contributed by atoms with Gasteiger partial charge in [-0.1, -0.05) is 40.0 Å². The monoisotopic (exact) mass is 714 g/mol. The van der Waals surface area contributed by atoms with Crippen molar-refractivity contribution in [2.45, 2.75) is 97.6 Å². The zero-order valence-electron chi connectivity index (χ0n) is 34.6. The van der Waals surface area contributed by atoms with Crippen LogP contribution in [0.3, 0.4) is 0 Å². The molecular formula is C36H71N15. The first-order valence-corrected chi connectivity index (χ1v) is 19.1. The van der Waals surface area contributed by atoms with Crippen molar-refractivity contribution < 1.29 is 0 Å². The van der Waals surface area contributed by atoms with E-state index in [0.29, 0.717) is 13.1 Å². The fraction of sp³-hybridized carbons (Fsp3) is 0.833.